The summed E-state index contributed by atoms with van der Waals surface area (Å²) in [5.41, 5.74) is 3.47. The summed E-state index contributed by atoms with van der Waals surface area (Å²) in [7, 11) is 0. The summed E-state index contributed by atoms with van der Waals surface area (Å²) in [6, 6.07) is 14.4. The molecule has 1 aliphatic heterocycles. The number of aromatic nitrogens is 2. The van der Waals surface area contributed by atoms with E-state index in [1.807, 2.05) is 11.8 Å². The molecule has 0 fully saturated rings. The van der Waals surface area contributed by atoms with Gasteiger partial charge in [-0.15, -0.1) is 11.3 Å². The molecular formula is C26H24N4O4S. The van der Waals surface area contributed by atoms with Gasteiger partial charge in [0.2, 0.25) is 11.7 Å². The molecule has 0 radical (unpaired) electrons. The van der Waals surface area contributed by atoms with Crippen LogP contribution in [0.4, 0.5) is 5.69 Å². The lowest BCUT2D eigenvalue weighted by molar-refractivity contribution is 0.0735. The Morgan fingerprint density at radius 3 is 2.77 bits per heavy atom. The van der Waals surface area contributed by atoms with Gasteiger partial charge < -0.3 is 19.5 Å². The highest BCUT2D eigenvalue weighted by Gasteiger charge is 2.24. The second kappa shape index (κ2) is 9.71. The fourth-order valence-corrected chi connectivity index (χ4v) is 5.00. The van der Waals surface area contributed by atoms with Crippen LogP contribution in [0.5, 0.6) is 5.75 Å². The first-order chi connectivity index (χ1) is 17.0. The number of amides is 2. The van der Waals surface area contributed by atoms with E-state index >= 15 is 0 Å². The van der Waals surface area contributed by atoms with Crippen LogP contribution in [0.25, 0.3) is 0 Å². The number of nitrogens with zero attached hydrogens (tertiary/aromatic N) is 3. The van der Waals surface area contributed by atoms with Gasteiger partial charge in [0.1, 0.15) is 5.75 Å². The Morgan fingerprint density at radius 2 is 1.94 bits per heavy atom. The van der Waals surface area contributed by atoms with E-state index in [4.69, 9.17) is 9.26 Å². The van der Waals surface area contributed by atoms with E-state index < -0.39 is 0 Å². The van der Waals surface area contributed by atoms with Crippen LogP contribution in [0.2, 0.25) is 0 Å². The van der Waals surface area contributed by atoms with Gasteiger partial charge >= 0.3 is 0 Å². The van der Waals surface area contributed by atoms with Crippen molar-refractivity contribution in [2.75, 3.05) is 11.9 Å². The second-order valence-electron chi connectivity index (χ2n) is 8.29. The van der Waals surface area contributed by atoms with Crippen molar-refractivity contribution in [2.45, 2.75) is 33.4 Å². The van der Waals surface area contributed by atoms with E-state index in [9.17, 15) is 9.59 Å². The summed E-state index contributed by atoms with van der Waals surface area (Å²) in [6.07, 6.45) is 0.869. The van der Waals surface area contributed by atoms with Crippen LogP contribution in [-0.2, 0) is 19.6 Å². The largest absolute Gasteiger partial charge is 0.485 e. The van der Waals surface area contributed by atoms with E-state index in [0.29, 0.717) is 47.4 Å². The van der Waals surface area contributed by atoms with Crippen molar-refractivity contribution in [3.05, 3.63) is 92.8 Å². The lowest BCUT2D eigenvalue weighted by Crippen LogP contribution is -2.35. The smallest absolute Gasteiger partial charge is 0.259 e. The number of benzene rings is 2. The van der Waals surface area contributed by atoms with Crippen molar-refractivity contribution in [1.82, 2.24) is 15.0 Å². The van der Waals surface area contributed by atoms with Gasteiger partial charge in [0.05, 0.1) is 5.56 Å². The minimum Gasteiger partial charge on any atom is -0.485 e. The van der Waals surface area contributed by atoms with E-state index in [2.05, 4.69) is 26.9 Å². The molecular weight excluding hydrogens is 464 g/mol. The predicted octanol–water partition coefficient (Wildman–Crippen LogP) is 4.78. The van der Waals surface area contributed by atoms with Crippen molar-refractivity contribution >= 4 is 28.8 Å². The third-order valence-electron chi connectivity index (χ3n) is 5.97. The number of anilines is 1. The van der Waals surface area contributed by atoms with Crippen molar-refractivity contribution < 1.29 is 18.8 Å². The lowest BCUT2D eigenvalue weighted by atomic mass is 10.0. The summed E-state index contributed by atoms with van der Waals surface area (Å²) in [4.78, 5) is 33.8. The fourth-order valence-electron chi connectivity index (χ4n) is 4.11. The molecule has 0 unspecified atom stereocenters. The van der Waals surface area contributed by atoms with Gasteiger partial charge in [0, 0.05) is 36.1 Å². The zero-order valence-corrected chi connectivity index (χ0v) is 20.2. The molecule has 0 spiro atoms. The predicted molar refractivity (Wildman–Crippen MR) is 132 cm³/mol. The number of para-hydroxylation sites is 1. The fraction of sp³-hybridized carbons (Fsp3) is 0.231. The molecule has 1 N–H and O–H groups in total. The van der Waals surface area contributed by atoms with Crippen LogP contribution < -0.4 is 10.1 Å². The van der Waals surface area contributed by atoms with Gasteiger partial charge in [-0.2, -0.15) is 4.98 Å². The summed E-state index contributed by atoms with van der Waals surface area (Å²) in [5, 5.41) is 8.83. The molecule has 0 atom stereocenters. The highest BCUT2D eigenvalue weighted by atomic mass is 32.1. The number of ether oxygens (including phenoxy) is 1. The summed E-state index contributed by atoms with van der Waals surface area (Å²) >= 11 is 1.74. The standard InChI is InChI=1S/C26H24N4O4S/c1-16-19(26(32)30-12-10-23-18(14-30)11-13-35-23)7-5-8-21(16)28-25(31)20-6-3-4-9-22(20)33-15-24-27-17(2)34-29-24/h3-9,11,13H,10,12,14-15H2,1-2H3,(H,28,31). The molecule has 5 rings (SSSR count). The molecule has 2 aromatic carbocycles. The molecule has 0 saturated carbocycles. The minimum absolute atomic E-state index is 0.0328. The third-order valence-corrected chi connectivity index (χ3v) is 6.99. The summed E-state index contributed by atoms with van der Waals surface area (Å²) in [5.74, 6) is 0.872. The normalized spacial score (nSPS) is 12.8. The number of aryl methyl sites for hydroxylation is 1. The monoisotopic (exact) mass is 488 g/mol. The Balaban J connectivity index is 1.32. The maximum atomic E-state index is 13.3. The van der Waals surface area contributed by atoms with Gasteiger partial charge in [-0.25, -0.2) is 0 Å². The number of carbonyl (C=O) groups excluding carboxylic acids is 2. The van der Waals surface area contributed by atoms with E-state index in [-0.39, 0.29) is 18.4 Å². The molecule has 9 heteroatoms. The molecule has 2 amide bonds. The first kappa shape index (κ1) is 22.8. The van der Waals surface area contributed by atoms with Crippen molar-refractivity contribution in [2.24, 2.45) is 0 Å². The molecule has 2 aromatic heterocycles. The highest BCUT2D eigenvalue weighted by Crippen LogP contribution is 2.28. The molecule has 0 bridgehead atoms. The van der Waals surface area contributed by atoms with Crippen molar-refractivity contribution in [3.63, 3.8) is 0 Å². The van der Waals surface area contributed by atoms with Gasteiger partial charge in [-0.05, 0) is 60.2 Å². The quantitative estimate of drug-likeness (QED) is 0.420. The number of rotatable bonds is 6. The second-order valence-corrected chi connectivity index (χ2v) is 9.29. The third kappa shape index (κ3) is 4.81. The van der Waals surface area contributed by atoms with Gasteiger partial charge in [0.15, 0.2) is 6.61 Å². The van der Waals surface area contributed by atoms with Crippen molar-refractivity contribution in [3.8, 4) is 5.75 Å². The van der Waals surface area contributed by atoms with E-state index in [1.165, 1.54) is 10.4 Å². The number of carbonyl (C=O) groups is 2. The van der Waals surface area contributed by atoms with Crippen LogP contribution in [-0.4, -0.2) is 33.4 Å². The molecule has 35 heavy (non-hydrogen) atoms. The molecule has 8 nitrogen and oxygen atoms in total. The molecule has 0 saturated heterocycles. The maximum absolute atomic E-state index is 13.3. The topological polar surface area (TPSA) is 97.6 Å². The van der Waals surface area contributed by atoms with E-state index in [1.54, 1.807) is 60.7 Å². The zero-order chi connectivity index (χ0) is 24.4. The minimum atomic E-state index is -0.335. The Hall–Kier alpha value is -3.98. The number of thiophene rings is 1. The Morgan fingerprint density at radius 1 is 1.11 bits per heavy atom. The SMILES string of the molecule is Cc1nc(COc2ccccc2C(=O)Nc2cccc(C(=O)N3CCc4sccc4C3)c2C)no1. The number of fused-ring (bicyclic) bond motifs is 1. The molecule has 0 aliphatic carbocycles. The van der Waals surface area contributed by atoms with Crippen LogP contribution in [0, 0.1) is 13.8 Å². The van der Waals surface area contributed by atoms with Crippen LogP contribution in [0.1, 0.15) is 48.4 Å². The number of nitrogens with one attached hydrogen (secondary N) is 1. The van der Waals surface area contributed by atoms with Gasteiger partial charge in [-0.3, -0.25) is 9.59 Å². The van der Waals surface area contributed by atoms with Crippen LogP contribution in [0.3, 0.4) is 0 Å². The highest BCUT2D eigenvalue weighted by molar-refractivity contribution is 7.10. The Labute approximate surface area is 206 Å². The molecule has 3 heterocycles. The number of hydrogen-bond acceptors (Lipinski definition) is 7. The van der Waals surface area contributed by atoms with Gasteiger partial charge in [0.25, 0.3) is 11.8 Å². The Bertz CT molecular complexity index is 1390. The van der Waals surface area contributed by atoms with Gasteiger partial charge in [-0.1, -0.05) is 23.4 Å². The maximum Gasteiger partial charge on any atom is 0.259 e. The van der Waals surface area contributed by atoms with Crippen molar-refractivity contribution in [1.29, 1.82) is 0 Å². The zero-order valence-electron chi connectivity index (χ0n) is 19.4. The molecule has 178 valence electrons. The number of hydrogen-bond donors (Lipinski definition) is 1. The molecule has 4 aromatic rings. The first-order valence-electron chi connectivity index (χ1n) is 11.3. The van der Waals surface area contributed by atoms with Crippen LogP contribution >= 0.6 is 11.3 Å². The summed E-state index contributed by atoms with van der Waals surface area (Å²) < 4.78 is 10.7. The van der Waals surface area contributed by atoms with Crippen LogP contribution in [0.15, 0.2) is 58.4 Å². The first-order valence-corrected chi connectivity index (χ1v) is 12.1. The lowest BCUT2D eigenvalue weighted by Gasteiger charge is -2.28. The average Bonchev–Trinajstić information content (AvgIpc) is 3.51. The molecule has 1 aliphatic rings. The average molecular weight is 489 g/mol. The Kier molecular flexibility index (Phi) is 6.33. The summed E-state index contributed by atoms with van der Waals surface area (Å²) in [6.45, 7) is 4.92. The van der Waals surface area contributed by atoms with E-state index in [0.717, 1.165) is 12.0 Å².